The highest BCUT2D eigenvalue weighted by molar-refractivity contribution is 5.92. The number of fused-ring (bicyclic) bond motifs is 2. The van der Waals surface area contributed by atoms with Gasteiger partial charge in [0.25, 0.3) is 11.8 Å². The second-order valence-electron chi connectivity index (χ2n) is 6.05. The van der Waals surface area contributed by atoms with Crippen LogP contribution in [0.3, 0.4) is 0 Å². The molecular formula is C19H16N2O8. The van der Waals surface area contributed by atoms with Crippen LogP contribution in [0.1, 0.15) is 10.4 Å². The third kappa shape index (κ3) is 4.15. The Kier molecular flexibility index (Phi) is 5.06. The number of hydrogen-bond acceptors (Lipinski definition) is 8. The fourth-order valence-electron chi connectivity index (χ4n) is 2.63. The second-order valence-corrected chi connectivity index (χ2v) is 6.05. The summed E-state index contributed by atoms with van der Waals surface area (Å²) in [6.45, 7) is -0.506. The maximum Gasteiger partial charge on any atom is 0.338 e. The van der Waals surface area contributed by atoms with Crippen molar-refractivity contribution in [1.29, 1.82) is 0 Å². The van der Waals surface area contributed by atoms with Crippen LogP contribution in [0, 0.1) is 0 Å². The number of benzene rings is 2. The molecule has 1 atom stereocenters. The zero-order valence-corrected chi connectivity index (χ0v) is 15.0. The largest absolute Gasteiger partial charge is 0.485 e. The Labute approximate surface area is 164 Å². The van der Waals surface area contributed by atoms with Crippen LogP contribution in [0.5, 0.6) is 23.0 Å². The first-order chi connectivity index (χ1) is 14.1. The summed E-state index contributed by atoms with van der Waals surface area (Å²) >= 11 is 0. The fourth-order valence-corrected chi connectivity index (χ4v) is 2.63. The first-order valence-electron chi connectivity index (χ1n) is 8.64. The molecule has 29 heavy (non-hydrogen) atoms. The van der Waals surface area contributed by atoms with Crippen LogP contribution in [0.2, 0.25) is 0 Å². The van der Waals surface area contributed by atoms with Gasteiger partial charge in [-0.3, -0.25) is 20.4 Å². The molecule has 2 N–H and O–H groups in total. The molecule has 0 saturated heterocycles. The van der Waals surface area contributed by atoms with E-state index in [-0.39, 0.29) is 19.0 Å². The van der Waals surface area contributed by atoms with Crippen molar-refractivity contribution in [2.45, 2.75) is 6.10 Å². The van der Waals surface area contributed by atoms with Gasteiger partial charge in [-0.05, 0) is 30.3 Å². The highest BCUT2D eigenvalue weighted by Crippen LogP contribution is 2.32. The van der Waals surface area contributed by atoms with Crippen molar-refractivity contribution in [1.82, 2.24) is 10.9 Å². The summed E-state index contributed by atoms with van der Waals surface area (Å²) in [5.41, 5.74) is 4.57. The summed E-state index contributed by atoms with van der Waals surface area (Å²) in [6.07, 6.45) is -0.929. The van der Waals surface area contributed by atoms with Crippen molar-refractivity contribution >= 4 is 17.8 Å². The van der Waals surface area contributed by atoms with Crippen molar-refractivity contribution < 1.29 is 38.1 Å². The minimum atomic E-state index is -0.929. The number of carbonyl (C=O) groups excluding carboxylic acids is 3. The molecule has 2 aliphatic rings. The average molecular weight is 400 g/mol. The van der Waals surface area contributed by atoms with Crippen molar-refractivity contribution in [3.05, 3.63) is 48.0 Å². The minimum absolute atomic E-state index is 0.00217. The molecule has 0 unspecified atom stereocenters. The lowest BCUT2D eigenvalue weighted by Gasteiger charge is -2.25. The summed E-state index contributed by atoms with van der Waals surface area (Å²) in [4.78, 5) is 36.0. The minimum Gasteiger partial charge on any atom is -0.485 e. The van der Waals surface area contributed by atoms with Crippen LogP contribution in [-0.4, -0.2) is 43.9 Å². The van der Waals surface area contributed by atoms with E-state index < -0.39 is 30.5 Å². The van der Waals surface area contributed by atoms with Crippen LogP contribution in [0.25, 0.3) is 0 Å². The molecule has 2 aromatic rings. The predicted molar refractivity (Wildman–Crippen MR) is 95.5 cm³/mol. The first-order valence-corrected chi connectivity index (χ1v) is 8.64. The molecule has 2 aromatic carbocycles. The standard InChI is InChI=1S/C19H16N2O8/c22-17(9-26-19(24)11-5-6-13-15(7-11)28-10-27-13)20-21-18(23)16-8-25-12-3-1-2-4-14(12)29-16/h1-7,16H,8-10H2,(H,20,22)(H,21,23)/t16-/m0/s1. The Hall–Kier alpha value is -3.95. The van der Waals surface area contributed by atoms with E-state index in [1.54, 1.807) is 30.3 Å². The van der Waals surface area contributed by atoms with Gasteiger partial charge in [-0.15, -0.1) is 0 Å². The SMILES string of the molecule is O=C(COC(=O)c1ccc2c(c1)OCO2)NNC(=O)[C@@H]1COc2ccccc2O1. The topological polar surface area (TPSA) is 121 Å². The predicted octanol–water partition coefficient (Wildman–Crippen LogP) is 0.560. The van der Waals surface area contributed by atoms with Gasteiger partial charge in [-0.1, -0.05) is 12.1 Å². The van der Waals surface area contributed by atoms with E-state index in [1.807, 2.05) is 0 Å². The van der Waals surface area contributed by atoms with Crippen LogP contribution in [0.15, 0.2) is 42.5 Å². The number of rotatable bonds is 4. The van der Waals surface area contributed by atoms with Crippen molar-refractivity contribution in [2.24, 2.45) is 0 Å². The van der Waals surface area contributed by atoms with Gasteiger partial charge in [-0.25, -0.2) is 4.79 Å². The normalized spacial score (nSPS) is 15.9. The van der Waals surface area contributed by atoms with Gasteiger partial charge in [0.15, 0.2) is 29.6 Å². The number of amides is 2. The Morgan fingerprint density at radius 2 is 1.69 bits per heavy atom. The maximum absolute atomic E-state index is 12.1. The zero-order valence-electron chi connectivity index (χ0n) is 15.0. The summed E-state index contributed by atoms with van der Waals surface area (Å²) in [5, 5.41) is 0. The van der Waals surface area contributed by atoms with Gasteiger partial charge in [0.05, 0.1) is 5.56 Å². The third-order valence-corrected chi connectivity index (χ3v) is 4.07. The average Bonchev–Trinajstić information content (AvgIpc) is 3.23. The number of hydrogen-bond donors (Lipinski definition) is 2. The lowest BCUT2D eigenvalue weighted by atomic mass is 10.2. The lowest BCUT2D eigenvalue weighted by Crippen LogP contribution is -2.51. The smallest absolute Gasteiger partial charge is 0.338 e. The van der Waals surface area contributed by atoms with Gasteiger partial charge in [0, 0.05) is 0 Å². The fraction of sp³-hybridized carbons (Fsp3) is 0.211. The molecule has 10 heteroatoms. The molecule has 0 radical (unpaired) electrons. The second kappa shape index (κ2) is 7.97. The molecule has 0 spiro atoms. The molecule has 2 amide bonds. The van der Waals surface area contributed by atoms with Gasteiger partial charge in [0.1, 0.15) is 6.61 Å². The number of nitrogens with one attached hydrogen (secondary N) is 2. The van der Waals surface area contributed by atoms with E-state index in [9.17, 15) is 14.4 Å². The van der Waals surface area contributed by atoms with E-state index in [0.717, 1.165) is 0 Å². The molecule has 2 heterocycles. The highest BCUT2D eigenvalue weighted by Gasteiger charge is 2.27. The Balaban J connectivity index is 1.22. The van der Waals surface area contributed by atoms with E-state index in [2.05, 4.69) is 10.9 Å². The number of para-hydroxylation sites is 2. The number of hydrazine groups is 1. The van der Waals surface area contributed by atoms with Gasteiger partial charge in [0.2, 0.25) is 12.9 Å². The Morgan fingerprint density at radius 1 is 0.931 bits per heavy atom. The monoisotopic (exact) mass is 400 g/mol. The van der Waals surface area contributed by atoms with Crippen LogP contribution in [0.4, 0.5) is 0 Å². The first kappa shape index (κ1) is 18.4. The lowest BCUT2D eigenvalue weighted by molar-refractivity contribution is -0.135. The van der Waals surface area contributed by atoms with Crippen molar-refractivity contribution in [3.8, 4) is 23.0 Å². The van der Waals surface area contributed by atoms with Gasteiger partial charge >= 0.3 is 5.97 Å². The molecule has 10 nitrogen and oxygen atoms in total. The number of esters is 1. The maximum atomic E-state index is 12.1. The van der Waals surface area contributed by atoms with E-state index in [4.69, 9.17) is 23.7 Å². The van der Waals surface area contributed by atoms with Crippen molar-refractivity contribution in [2.75, 3.05) is 20.0 Å². The molecule has 2 aliphatic heterocycles. The summed E-state index contributed by atoms with van der Waals surface area (Å²) in [7, 11) is 0. The summed E-state index contributed by atoms with van der Waals surface area (Å²) in [6, 6.07) is 11.5. The summed E-state index contributed by atoms with van der Waals surface area (Å²) in [5.74, 6) is -0.116. The number of carbonyl (C=O) groups is 3. The van der Waals surface area contributed by atoms with Crippen molar-refractivity contribution in [3.63, 3.8) is 0 Å². The molecular weight excluding hydrogens is 384 g/mol. The van der Waals surface area contributed by atoms with E-state index in [1.165, 1.54) is 12.1 Å². The Bertz CT molecular complexity index is 961. The van der Waals surface area contributed by atoms with Crippen LogP contribution < -0.4 is 29.8 Å². The summed E-state index contributed by atoms with van der Waals surface area (Å²) < 4.78 is 26.2. The highest BCUT2D eigenvalue weighted by atomic mass is 16.7. The third-order valence-electron chi connectivity index (χ3n) is 4.07. The van der Waals surface area contributed by atoms with Crippen LogP contribution in [-0.2, 0) is 14.3 Å². The van der Waals surface area contributed by atoms with E-state index in [0.29, 0.717) is 23.0 Å². The van der Waals surface area contributed by atoms with Crippen LogP contribution >= 0.6 is 0 Å². The quantitative estimate of drug-likeness (QED) is 0.564. The molecule has 0 fully saturated rings. The number of ether oxygens (including phenoxy) is 5. The molecule has 0 bridgehead atoms. The van der Waals surface area contributed by atoms with Gasteiger partial charge in [-0.2, -0.15) is 0 Å². The Morgan fingerprint density at radius 3 is 2.55 bits per heavy atom. The zero-order chi connectivity index (χ0) is 20.2. The molecule has 150 valence electrons. The van der Waals surface area contributed by atoms with E-state index >= 15 is 0 Å². The molecule has 0 saturated carbocycles. The molecule has 4 rings (SSSR count). The van der Waals surface area contributed by atoms with Gasteiger partial charge < -0.3 is 23.7 Å². The molecule has 0 aliphatic carbocycles. The molecule has 0 aromatic heterocycles.